The summed E-state index contributed by atoms with van der Waals surface area (Å²) in [7, 11) is 0. The molecule has 0 aromatic carbocycles. The number of carbonyl (C=O) groups excluding carboxylic acids is 1. The van der Waals surface area contributed by atoms with Gasteiger partial charge in [0.1, 0.15) is 0 Å². The Kier molecular flexibility index (Phi) is 3.27. The predicted octanol–water partition coefficient (Wildman–Crippen LogP) is 2.32. The smallest absolute Gasteiger partial charge is 0.220 e. The van der Waals surface area contributed by atoms with Crippen LogP contribution in [0.1, 0.15) is 49.4 Å². The zero-order chi connectivity index (χ0) is 12.6. The summed E-state index contributed by atoms with van der Waals surface area (Å²) >= 11 is 1.76. The second kappa shape index (κ2) is 4.42. The summed E-state index contributed by atoms with van der Waals surface area (Å²) in [6, 6.07) is 4.28. The second-order valence-electron chi connectivity index (χ2n) is 5.70. The van der Waals surface area contributed by atoms with Gasteiger partial charge < -0.3 is 11.1 Å². The van der Waals surface area contributed by atoms with E-state index < -0.39 is 0 Å². The van der Waals surface area contributed by atoms with Gasteiger partial charge in [-0.2, -0.15) is 0 Å². The highest BCUT2D eigenvalue weighted by Gasteiger charge is 2.29. The van der Waals surface area contributed by atoms with Crippen LogP contribution in [-0.4, -0.2) is 11.9 Å². The molecule has 1 aromatic rings. The van der Waals surface area contributed by atoms with Crippen LogP contribution in [0.15, 0.2) is 12.1 Å². The first-order chi connectivity index (χ1) is 7.88. The fourth-order valence-electron chi connectivity index (χ4n) is 2.02. The molecule has 0 saturated carbocycles. The van der Waals surface area contributed by atoms with Crippen molar-refractivity contribution in [3.8, 4) is 0 Å². The number of hydrogen-bond acceptors (Lipinski definition) is 3. The maximum absolute atomic E-state index is 11.4. The number of rotatable bonds is 1. The highest BCUT2D eigenvalue weighted by atomic mass is 32.1. The van der Waals surface area contributed by atoms with E-state index >= 15 is 0 Å². The van der Waals surface area contributed by atoms with Gasteiger partial charge in [0, 0.05) is 22.2 Å². The minimum atomic E-state index is -0.00245. The van der Waals surface area contributed by atoms with E-state index in [0.29, 0.717) is 6.42 Å². The molecule has 1 amide bonds. The van der Waals surface area contributed by atoms with Crippen molar-refractivity contribution >= 4 is 17.2 Å². The summed E-state index contributed by atoms with van der Waals surface area (Å²) in [5, 5.41) is 2.99. The largest absolute Gasteiger partial charge is 0.347 e. The number of nitrogens with one attached hydrogen (secondary N) is 1. The number of carbonyl (C=O) groups is 1. The third-order valence-electron chi connectivity index (χ3n) is 3.12. The number of thiophene rings is 1. The molecule has 0 aliphatic carbocycles. The molecule has 17 heavy (non-hydrogen) atoms. The lowest BCUT2D eigenvalue weighted by molar-refractivity contribution is -0.123. The Morgan fingerprint density at radius 2 is 2.12 bits per heavy atom. The highest BCUT2D eigenvalue weighted by molar-refractivity contribution is 7.12. The fourth-order valence-corrected chi connectivity index (χ4v) is 3.22. The number of piperidine rings is 1. The van der Waals surface area contributed by atoms with Gasteiger partial charge in [-0.1, -0.05) is 20.8 Å². The van der Waals surface area contributed by atoms with E-state index in [2.05, 4.69) is 38.2 Å². The SMILES string of the molecule is CC(C)(C)c1ccc(C2NC(=O)CCC2N)s1. The van der Waals surface area contributed by atoms with Gasteiger partial charge in [-0.15, -0.1) is 11.3 Å². The Balaban J connectivity index is 2.22. The zero-order valence-electron chi connectivity index (χ0n) is 10.6. The summed E-state index contributed by atoms with van der Waals surface area (Å²) in [4.78, 5) is 13.9. The molecule has 2 unspecified atom stereocenters. The molecular weight excluding hydrogens is 232 g/mol. The van der Waals surface area contributed by atoms with Gasteiger partial charge in [-0.05, 0) is 24.0 Å². The molecule has 2 heterocycles. The van der Waals surface area contributed by atoms with Crippen LogP contribution in [0.4, 0.5) is 0 Å². The van der Waals surface area contributed by atoms with Gasteiger partial charge >= 0.3 is 0 Å². The van der Waals surface area contributed by atoms with Crippen molar-refractivity contribution in [1.29, 1.82) is 0 Å². The van der Waals surface area contributed by atoms with E-state index in [1.165, 1.54) is 9.75 Å². The van der Waals surface area contributed by atoms with Crippen LogP contribution in [0.5, 0.6) is 0 Å². The molecule has 1 aliphatic rings. The Morgan fingerprint density at radius 1 is 1.41 bits per heavy atom. The maximum atomic E-state index is 11.4. The van der Waals surface area contributed by atoms with E-state index in [4.69, 9.17) is 5.73 Å². The van der Waals surface area contributed by atoms with Gasteiger partial charge in [0.2, 0.25) is 5.91 Å². The van der Waals surface area contributed by atoms with Crippen LogP contribution in [0, 0.1) is 0 Å². The van der Waals surface area contributed by atoms with Crippen LogP contribution >= 0.6 is 11.3 Å². The number of hydrogen-bond donors (Lipinski definition) is 2. The molecule has 0 radical (unpaired) electrons. The van der Waals surface area contributed by atoms with E-state index in [-0.39, 0.29) is 23.4 Å². The van der Waals surface area contributed by atoms with Crippen molar-refractivity contribution in [2.24, 2.45) is 5.73 Å². The molecule has 3 N–H and O–H groups in total. The van der Waals surface area contributed by atoms with Crippen LogP contribution in [0.3, 0.4) is 0 Å². The van der Waals surface area contributed by atoms with Crippen molar-refractivity contribution in [3.63, 3.8) is 0 Å². The molecule has 1 aliphatic heterocycles. The van der Waals surface area contributed by atoms with Crippen LogP contribution in [0.25, 0.3) is 0 Å². The van der Waals surface area contributed by atoms with Crippen molar-refractivity contribution in [3.05, 3.63) is 21.9 Å². The van der Waals surface area contributed by atoms with Crippen molar-refractivity contribution in [1.82, 2.24) is 5.32 Å². The minimum absolute atomic E-state index is 0.00245. The Bertz CT molecular complexity index is 419. The third kappa shape index (κ3) is 2.69. The minimum Gasteiger partial charge on any atom is -0.347 e. The summed E-state index contributed by atoms with van der Waals surface area (Å²) < 4.78 is 0. The molecule has 0 spiro atoms. The molecule has 2 rings (SSSR count). The van der Waals surface area contributed by atoms with Crippen LogP contribution in [0.2, 0.25) is 0 Å². The molecule has 1 saturated heterocycles. The number of amides is 1. The molecule has 4 heteroatoms. The molecule has 0 bridgehead atoms. The molecule has 3 nitrogen and oxygen atoms in total. The van der Waals surface area contributed by atoms with Gasteiger partial charge in [0.25, 0.3) is 0 Å². The number of nitrogens with two attached hydrogens (primary N) is 1. The first kappa shape index (κ1) is 12.6. The summed E-state index contributed by atoms with van der Waals surface area (Å²) in [5.41, 5.74) is 6.24. The standard InChI is InChI=1S/C13H20N2OS/c1-13(2,3)10-6-5-9(17-10)12-8(14)4-7-11(16)15-12/h5-6,8,12H,4,7,14H2,1-3H3,(H,15,16). The lowest BCUT2D eigenvalue weighted by Gasteiger charge is -2.28. The first-order valence-electron chi connectivity index (χ1n) is 6.03. The second-order valence-corrected chi connectivity index (χ2v) is 6.82. The van der Waals surface area contributed by atoms with E-state index in [0.717, 1.165) is 6.42 Å². The topological polar surface area (TPSA) is 55.1 Å². The van der Waals surface area contributed by atoms with E-state index in [1.54, 1.807) is 11.3 Å². The van der Waals surface area contributed by atoms with Gasteiger partial charge in [-0.3, -0.25) is 4.79 Å². The molecule has 1 aromatic heterocycles. The molecule has 1 fully saturated rings. The summed E-state index contributed by atoms with van der Waals surface area (Å²) in [5.74, 6) is 0.113. The highest BCUT2D eigenvalue weighted by Crippen LogP contribution is 2.34. The normalized spacial score (nSPS) is 25.8. The van der Waals surface area contributed by atoms with Gasteiger partial charge in [-0.25, -0.2) is 0 Å². The van der Waals surface area contributed by atoms with Gasteiger partial charge in [0.15, 0.2) is 0 Å². The van der Waals surface area contributed by atoms with Crippen LogP contribution < -0.4 is 11.1 Å². The van der Waals surface area contributed by atoms with E-state index in [9.17, 15) is 4.79 Å². The summed E-state index contributed by atoms with van der Waals surface area (Å²) in [6.07, 6.45) is 1.33. The Hall–Kier alpha value is -0.870. The average Bonchev–Trinajstić information content (AvgIpc) is 2.70. The van der Waals surface area contributed by atoms with Crippen molar-refractivity contribution < 1.29 is 4.79 Å². The first-order valence-corrected chi connectivity index (χ1v) is 6.85. The third-order valence-corrected chi connectivity index (χ3v) is 4.72. The Morgan fingerprint density at radius 3 is 2.71 bits per heavy atom. The van der Waals surface area contributed by atoms with Crippen LogP contribution in [-0.2, 0) is 10.2 Å². The lowest BCUT2D eigenvalue weighted by atomic mass is 9.94. The predicted molar refractivity (Wildman–Crippen MR) is 71.1 cm³/mol. The average molecular weight is 252 g/mol. The maximum Gasteiger partial charge on any atom is 0.220 e. The van der Waals surface area contributed by atoms with Crippen molar-refractivity contribution in [2.75, 3.05) is 0 Å². The van der Waals surface area contributed by atoms with Crippen molar-refractivity contribution in [2.45, 2.75) is 51.1 Å². The Labute approximate surface area is 106 Å². The van der Waals surface area contributed by atoms with E-state index in [1.807, 2.05) is 0 Å². The quantitative estimate of drug-likeness (QED) is 0.806. The zero-order valence-corrected chi connectivity index (χ0v) is 11.4. The monoisotopic (exact) mass is 252 g/mol. The fraction of sp³-hybridized carbons (Fsp3) is 0.615. The molecular formula is C13H20N2OS. The molecule has 2 atom stereocenters. The molecule has 94 valence electrons. The summed E-state index contributed by atoms with van der Waals surface area (Å²) in [6.45, 7) is 6.59. The van der Waals surface area contributed by atoms with Gasteiger partial charge in [0.05, 0.1) is 6.04 Å². The lowest BCUT2D eigenvalue weighted by Crippen LogP contribution is -2.45.